The average Bonchev–Trinajstić information content (AvgIpc) is 2.53. The summed E-state index contributed by atoms with van der Waals surface area (Å²) in [5.74, 6) is 1.26. The molecule has 0 bridgehead atoms. The second-order valence-corrected chi connectivity index (χ2v) is 7.03. The Morgan fingerprint density at radius 2 is 1.55 bits per heavy atom. The van der Waals surface area contributed by atoms with Crippen molar-refractivity contribution in [1.29, 1.82) is 0 Å². The fourth-order valence-corrected chi connectivity index (χ4v) is 4.12. The van der Waals surface area contributed by atoms with Crippen molar-refractivity contribution in [3.63, 3.8) is 0 Å². The Morgan fingerprint density at radius 3 is 2.00 bits per heavy atom. The van der Waals surface area contributed by atoms with E-state index in [-0.39, 0.29) is 12.0 Å². The van der Waals surface area contributed by atoms with Crippen LogP contribution in [0.5, 0.6) is 0 Å². The minimum atomic E-state index is -1.11. The van der Waals surface area contributed by atoms with Crippen LogP contribution in [-0.4, -0.2) is 17.1 Å². The van der Waals surface area contributed by atoms with Crippen LogP contribution in [-0.2, 0) is 4.74 Å². The zero-order valence-corrected chi connectivity index (χ0v) is 13.8. The molecule has 4 nitrogen and oxygen atoms in total. The third-order valence-electron chi connectivity index (χ3n) is 5.60. The van der Waals surface area contributed by atoms with Crippen LogP contribution in [0.15, 0.2) is 24.5 Å². The second kappa shape index (κ2) is 7.62. The molecule has 2 saturated carbocycles. The summed E-state index contributed by atoms with van der Waals surface area (Å²) in [5, 5.41) is 9.64. The van der Waals surface area contributed by atoms with E-state index in [0.717, 1.165) is 37.5 Å². The van der Waals surface area contributed by atoms with Crippen LogP contribution in [0.4, 0.5) is 0 Å². The number of rotatable bonds is 5. The largest absolute Gasteiger partial charge is 0.460 e. The maximum Gasteiger partial charge on any atom is 0.215 e. The van der Waals surface area contributed by atoms with Crippen molar-refractivity contribution in [2.45, 2.75) is 70.2 Å². The van der Waals surface area contributed by atoms with Gasteiger partial charge in [-0.3, -0.25) is 11.5 Å². The summed E-state index contributed by atoms with van der Waals surface area (Å²) in [6.45, 7) is 5.61. The van der Waals surface area contributed by atoms with Crippen LogP contribution in [0.1, 0.15) is 58.3 Å². The summed E-state index contributed by atoms with van der Waals surface area (Å²) in [6.07, 6.45) is 12.1. The summed E-state index contributed by atoms with van der Waals surface area (Å²) in [6, 6.07) is 0. The lowest BCUT2D eigenvalue weighted by atomic mass is 9.70. The maximum atomic E-state index is 9.64. The molecule has 0 spiro atoms. The molecule has 22 heavy (non-hydrogen) atoms. The standard InChI is InChI=1S/C18H32N2O2/c1-3-17(4-2)22-18(19,20)15-9-5-13(6-10-15)14-7-11-16(21)12-8-14/h3-4,13-16,21H,1,5-12,19-20H2,2H3/b17-4+. The van der Waals surface area contributed by atoms with Gasteiger partial charge >= 0.3 is 0 Å². The first kappa shape index (κ1) is 17.5. The SMILES string of the molecule is C=C/C(=C\C)OC(N)(N)C1CCC(C2CCC(O)CC2)CC1. The molecule has 0 unspecified atom stereocenters. The lowest BCUT2D eigenvalue weighted by molar-refractivity contribution is -0.0551. The van der Waals surface area contributed by atoms with Crippen molar-refractivity contribution in [1.82, 2.24) is 0 Å². The molecule has 126 valence electrons. The molecule has 0 atom stereocenters. The van der Waals surface area contributed by atoms with E-state index in [0.29, 0.717) is 5.76 Å². The van der Waals surface area contributed by atoms with Crippen molar-refractivity contribution in [2.24, 2.45) is 29.2 Å². The van der Waals surface area contributed by atoms with E-state index in [4.69, 9.17) is 16.2 Å². The fourth-order valence-electron chi connectivity index (χ4n) is 4.12. The van der Waals surface area contributed by atoms with Gasteiger partial charge in [-0.05, 0) is 82.3 Å². The van der Waals surface area contributed by atoms with Crippen LogP contribution in [0, 0.1) is 17.8 Å². The average molecular weight is 308 g/mol. The molecule has 0 saturated heterocycles. The molecule has 0 aromatic carbocycles. The van der Waals surface area contributed by atoms with Gasteiger partial charge in [-0.15, -0.1) is 0 Å². The number of hydrogen-bond acceptors (Lipinski definition) is 4. The van der Waals surface area contributed by atoms with Gasteiger partial charge in [0.05, 0.1) is 6.10 Å². The summed E-state index contributed by atoms with van der Waals surface area (Å²) in [4.78, 5) is 0. The van der Waals surface area contributed by atoms with Crippen LogP contribution < -0.4 is 11.5 Å². The van der Waals surface area contributed by atoms with Gasteiger partial charge in [0, 0.05) is 5.92 Å². The maximum absolute atomic E-state index is 9.64. The fraction of sp³-hybridized carbons (Fsp3) is 0.778. The first-order valence-corrected chi connectivity index (χ1v) is 8.69. The molecule has 0 amide bonds. The Morgan fingerprint density at radius 1 is 1.05 bits per heavy atom. The van der Waals surface area contributed by atoms with E-state index in [2.05, 4.69) is 6.58 Å². The molecular weight excluding hydrogens is 276 g/mol. The lowest BCUT2D eigenvalue weighted by Crippen LogP contribution is -2.58. The molecule has 0 aromatic heterocycles. The van der Waals surface area contributed by atoms with Crippen molar-refractivity contribution < 1.29 is 9.84 Å². The van der Waals surface area contributed by atoms with Gasteiger partial charge in [-0.25, -0.2) is 0 Å². The number of aliphatic hydroxyl groups excluding tert-OH is 1. The highest BCUT2D eigenvalue weighted by Crippen LogP contribution is 2.41. The van der Waals surface area contributed by atoms with Crippen molar-refractivity contribution >= 4 is 0 Å². The van der Waals surface area contributed by atoms with Gasteiger partial charge in [0.2, 0.25) is 5.85 Å². The molecule has 0 radical (unpaired) electrons. The molecule has 4 heteroatoms. The number of nitrogens with two attached hydrogens (primary N) is 2. The number of allylic oxidation sites excluding steroid dienone is 2. The monoisotopic (exact) mass is 308 g/mol. The number of aliphatic hydroxyl groups is 1. The van der Waals surface area contributed by atoms with Gasteiger partial charge in [0.15, 0.2) is 0 Å². The molecule has 0 heterocycles. The second-order valence-electron chi connectivity index (χ2n) is 7.03. The Labute approximate surface area is 134 Å². The van der Waals surface area contributed by atoms with Gasteiger partial charge < -0.3 is 9.84 Å². The van der Waals surface area contributed by atoms with Crippen LogP contribution in [0.2, 0.25) is 0 Å². The Kier molecular flexibility index (Phi) is 6.07. The highest BCUT2D eigenvalue weighted by Gasteiger charge is 2.38. The van der Waals surface area contributed by atoms with Crippen molar-refractivity contribution in [3.05, 3.63) is 24.5 Å². The van der Waals surface area contributed by atoms with Gasteiger partial charge in [-0.2, -0.15) is 0 Å². The van der Waals surface area contributed by atoms with Crippen LogP contribution in [0.3, 0.4) is 0 Å². The number of ether oxygens (including phenoxy) is 1. The Bertz CT molecular complexity index is 390. The molecule has 5 N–H and O–H groups in total. The van der Waals surface area contributed by atoms with E-state index in [1.54, 1.807) is 6.08 Å². The summed E-state index contributed by atoms with van der Waals surface area (Å²) in [7, 11) is 0. The van der Waals surface area contributed by atoms with E-state index in [1.165, 1.54) is 25.7 Å². The zero-order valence-electron chi connectivity index (χ0n) is 13.8. The smallest absolute Gasteiger partial charge is 0.215 e. The zero-order chi connectivity index (χ0) is 16.2. The van der Waals surface area contributed by atoms with E-state index >= 15 is 0 Å². The van der Waals surface area contributed by atoms with E-state index in [1.807, 2.05) is 13.0 Å². The number of hydrogen-bond donors (Lipinski definition) is 3. The topological polar surface area (TPSA) is 81.5 Å². The molecule has 0 aromatic rings. The predicted octanol–water partition coefficient (Wildman–Crippen LogP) is 3.02. The highest BCUT2D eigenvalue weighted by molar-refractivity contribution is 5.08. The summed E-state index contributed by atoms with van der Waals surface area (Å²) < 4.78 is 5.74. The minimum Gasteiger partial charge on any atom is -0.460 e. The van der Waals surface area contributed by atoms with Gasteiger partial charge in [-0.1, -0.05) is 6.58 Å². The lowest BCUT2D eigenvalue weighted by Gasteiger charge is -2.41. The Hall–Kier alpha value is -0.840. The van der Waals surface area contributed by atoms with Crippen molar-refractivity contribution in [2.75, 3.05) is 0 Å². The molecule has 2 aliphatic carbocycles. The van der Waals surface area contributed by atoms with Crippen LogP contribution >= 0.6 is 0 Å². The quantitative estimate of drug-likeness (QED) is 0.414. The van der Waals surface area contributed by atoms with Gasteiger partial charge in [0.25, 0.3) is 0 Å². The van der Waals surface area contributed by atoms with E-state index in [9.17, 15) is 5.11 Å². The molecule has 2 aliphatic rings. The summed E-state index contributed by atoms with van der Waals surface area (Å²) >= 11 is 0. The molecule has 0 aliphatic heterocycles. The normalized spacial score (nSPS) is 34.3. The Balaban J connectivity index is 1.84. The third-order valence-corrected chi connectivity index (χ3v) is 5.60. The minimum absolute atomic E-state index is 0.0696. The third kappa shape index (κ3) is 4.34. The predicted molar refractivity (Wildman–Crippen MR) is 89.6 cm³/mol. The molecule has 2 fully saturated rings. The first-order valence-electron chi connectivity index (χ1n) is 8.69. The molecule has 2 rings (SSSR count). The van der Waals surface area contributed by atoms with Gasteiger partial charge in [0.1, 0.15) is 5.76 Å². The summed E-state index contributed by atoms with van der Waals surface area (Å²) in [5.41, 5.74) is 12.4. The van der Waals surface area contributed by atoms with Crippen LogP contribution in [0.25, 0.3) is 0 Å². The van der Waals surface area contributed by atoms with Crippen molar-refractivity contribution in [3.8, 4) is 0 Å². The molecular formula is C18H32N2O2. The highest BCUT2D eigenvalue weighted by atomic mass is 16.5. The first-order chi connectivity index (χ1) is 10.5. The van der Waals surface area contributed by atoms with E-state index < -0.39 is 5.85 Å².